The molecule has 3 aromatic heterocycles. The van der Waals surface area contributed by atoms with Crippen LogP contribution in [0.1, 0.15) is 17.7 Å². The Morgan fingerprint density at radius 2 is 1.77 bits per heavy atom. The maximum Gasteiger partial charge on any atom is 0.223 e. The van der Waals surface area contributed by atoms with Crippen molar-refractivity contribution in [2.24, 2.45) is 0 Å². The average molecular weight is 488 g/mol. The van der Waals surface area contributed by atoms with Gasteiger partial charge >= 0.3 is 0 Å². The number of benzene rings is 1. The molecule has 0 radical (unpaired) electrons. The van der Waals surface area contributed by atoms with Gasteiger partial charge in [0.25, 0.3) is 0 Å². The fourth-order valence-corrected chi connectivity index (χ4v) is 4.40. The van der Waals surface area contributed by atoms with Crippen LogP contribution in [0.5, 0.6) is 0 Å². The van der Waals surface area contributed by atoms with Gasteiger partial charge in [0.15, 0.2) is 0 Å². The van der Waals surface area contributed by atoms with E-state index in [2.05, 4.69) is 30.2 Å². The zero-order valence-electron chi connectivity index (χ0n) is 19.3. The summed E-state index contributed by atoms with van der Waals surface area (Å²) in [5.41, 5.74) is 2.75. The van der Waals surface area contributed by atoms with E-state index in [9.17, 15) is 4.79 Å². The molecule has 178 valence electrons. The summed E-state index contributed by atoms with van der Waals surface area (Å²) in [5.74, 6) is 1.55. The fraction of sp³-hybridized carbons (Fsp3) is 0.269. The maximum atomic E-state index is 12.7. The number of rotatable bonds is 7. The number of carbonyl (C=O) groups is 1. The Morgan fingerprint density at radius 3 is 2.57 bits per heavy atom. The molecule has 0 aliphatic carbocycles. The minimum Gasteiger partial charge on any atom is -0.352 e. The molecule has 0 saturated carbocycles. The number of aryl methyl sites for hydroxylation is 1. The number of nitrogens with one attached hydrogen (secondary N) is 1. The summed E-state index contributed by atoms with van der Waals surface area (Å²) >= 11 is 6.25. The van der Waals surface area contributed by atoms with Crippen LogP contribution in [0, 0.1) is 0 Å². The van der Waals surface area contributed by atoms with Gasteiger partial charge in [-0.25, -0.2) is 15.0 Å². The lowest BCUT2D eigenvalue weighted by Crippen LogP contribution is -2.49. The molecular formula is C26H26ClN7O. The van der Waals surface area contributed by atoms with Gasteiger partial charge in [0.2, 0.25) is 11.9 Å². The number of pyridine rings is 2. The number of anilines is 2. The van der Waals surface area contributed by atoms with E-state index in [4.69, 9.17) is 11.6 Å². The van der Waals surface area contributed by atoms with Gasteiger partial charge in [-0.2, -0.15) is 0 Å². The number of fused-ring (bicyclic) bond motifs is 1. The molecule has 9 heteroatoms. The zero-order valence-corrected chi connectivity index (χ0v) is 20.0. The SMILES string of the molecule is O=C(CCc1ccccn1)N1CCN(c2nccc3nc(NCc4ccccc4Cl)ncc23)CC1. The molecule has 1 fully saturated rings. The second-order valence-corrected chi connectivity index (χ2v) is 8.80. The summed E-state index contributed by atoms with van der Waals surface area (Å²) in [6.45, 7) is 3.30. The van der Waals surface area contributed by atoms with Crippen LogP contribution < -0.4 is 10.2 Å². The van der Waals surface area contributed by atoms with Gasteiger partial charge in [-0.05, 0) is 36.2 Å². The largest absolute Gasteiger partial charge is 0.352 e. The monoisotopic (exact) mass is 487 g/mol. The second-order valence-electron chi connectivity index (χ2n) is 8.39. The van der Waals surface area contributed by atoms with Crippen LogP contribution in [0.4, 0.5) is 11.8 Å². The lowest BCUT2D eigenvalue weighted by Gasteiger charge is -2.35. The molecule has 1 aliphatic rings. The minimum atomic E-state index is 0.166. The normalized spacial score (nSPS) is 13.7. The predicted molar refractivity (Wildman–Crippen MR) is 137 cm³/mol. The van der Waals surface area contributed by atoms with E-state index in [0.29, 0.717) is 56.5 Å². The fourth-order valence-electron chi connectivity index (χ4n) is 4.20. The van der Waals surface area contributed by atoms with Crippen molar-refractivity contribution in [3.63, 3.8) is 0 Å². The van der Waals surface area contributed by atoms with Gasteiger partial charge < -0.3 is 15.1 Å². The molecule has 0 unspecified atom stereocenters. The Kier molecular flexibility index (Phi) is 6.99. The average Bonchev–Trinajstić information content (AvgIpc) is 2.91. The van der Waals surface area contributed by atoms with Gasteiger partial charge in [-0.15, -0.1) is 0 Å². The van der Waals surface area contributed by atoms with Crippen LogP contribution in [0.3, 0.4) is 0 Å². The van der Waals surface area contributed by atoms with Gasteiger partial charge in [0.1, 0.15) is 5.82 Å². The van der Waals surface area contributed by atoms with Crippen molar-refractivity contribution in [1.82, 2.24) is 24.8 Å². The molecule has 0 spiro atoms. The van der Waals surface area contributed by atoms with Crippen molar-refractivity contribution in [3.05, 3.63) is 83.4 Å². The van der Waals surface area contributed by atoms with Gasteiger partial charge in [-0.1, -0.05) is 35.9 Å². The molecular weight excluding hydrogens is 462 g/mol. The highest BCUT2D eigenvalue weighted by Crippen LogP contribution is 2.25. The van der Waals surface area contributed by atoms with Crippen molar-refractivity contribution in [1.29, 1.82) is 0 Å². The van der Waals surface area contributed by atoms with Gasteiger partial charge in [0, 0.05) is 68.5 Å². The number of halogens is 1. The summed E-state index contributed by atoms with van der Waals surface area (Å²) in [5, 5.41) is 4.85. The van der Waals surface area contributed by atoms with Crippen molar-refractivity contribution in [2.45, 2.75) is 19.4 Å². The van der Waals surface area contributed by atoms with Crippen LogP contribution in [0.15, 0.2) is 67.1 Å². The Morgan fingerprint density at radius 1 is 0.943 bits per heavy atom. The molecule has 1 saturated heterocycles. The van der Waals surface area contributed by atoms with Crippen molar-refractivity contribution < 1.29 is 4.79 Å². The Labute approximate surface area is 209 Å². The first-order valence-electron chi connectivity index (χ1n) is 11.7. The molecule has 8 nitrogen and oxygen atoms in total. The van der Waals surface area contributed by atoms with E-state index in [1.54, 1.807) is 12.4 Å². The number of aromatic nitrogens is 4. The molecule has 35 heavy (non-hydrogen) atoms. The molecule has 1 N–H and O–H groups in total. The van der Waals surface area contributed by atoms with E-state index in [1.807, 2.05) is 59.6 Å². The first-order chi connectivity index (χ1) is 17.2. The van der Waals surface area contributed by atoms with E-state index in [1.165, 1.54) is 0 Å². The summed E-state index contributed by atoms with van der Waals surface area (Å²) in [6.07, 6.45) is 6.48. The number of piperazine rings is 1. The van der Waals surface area contributed by atoms with Crippen LogP contribution in [-0.4, -0.2) is 56.9 Å². The van der Waals surface area contributed by atoms with E-state index in [0.717, 1.165) is 28.0 Å². The van der Waals surface area contributed by atoms with E-state index >= 15 is 0 Å². The van der Waals surface area contributed by atoms with Crippen molar-refractivity contribution >= 4 is 40.2 Å². The Balaban J connectivity index is 1.21. The lowest BCUT2D eigenvalue weighted by atomic mass is 10.2. The summed E-state index contributed by atoms with van der Waals surface area (Å²) in [6, 6.07) is 15.4. The van der Waals surface area contributed by atoms with Crippen molar-refractivity contribution in [2.75, 3.05) is 36.4 Å². The number of amides is 1. The molecule has 0 bridgehead atoms. The van der Waals surface area contributed by atoms with Crippen LogP contribution in [-0.2, 0) is 17.8 Å². The standard InChI is InChI=1S/C26H26ClN7O/c27-22-7-2-1-5-19(22)17-30-26-31-18-21-23(32-26)10-12-29-25(21)34-15-13-33(14-16-34)24(35)9-8-20-6-3-4-11-28-20/h1-7,10-12,18H,8-9,13-17H2,(H,30,31,32). The highest BCUT2D eigenvalue weighted by molar-refractivity contribution is 6.31. The quantitative estimate of drug-likeness (QED) is 0.422. The number of carbonyl (C=O) groups excluding carboxylic acids is 1. The lowest BCUT2D eigenvalue weighted by molar-refractivity contribution is -0.131. The topological polar surface area (TPSA) is 87.1 Å². The van der Waals surface area contributed by atoms with Gasteiger partial charge in [-0.3, -0.25) is 9.78 Å². The third-order valence-corrected chi connectivity index (χ3v) is 6.50. The molecule has 4 heterocycles. The van der Waals surface area contributed by atoms with Crippen molar-refractivity contribution in [3.8, 4) is 0 Å². The smallest absolute Gasteiger partial charge is 0.223 e. The third kappa shape index (κ3) is 5.49. The highest BCUT2D eigenvalue weighted by atomic mass is 35.5. The third-order valence-electron chi connectivity index (χ3n) is 6.14. The summed E-state index contributed by atoms with van der Waals surface area (Å²) in [7, 11) is 0. The molecule has 5 rings (SSSR count). The first kappa shape index (κ1) is 23.0. The zero-order chi connectivity index (χ0) is 24.0. The van der Waals surface area contributed by atoms with Crippen LogP contribution in [0.2, 0.25) is 5.02 Å². The van der Waals surface area contributed by atoms with E-state index in [-0.39, 0.29) is 5.91 Å². The van der Waals surface area contributed by atoms with Crippen LogP contribution in [0.25, 0.3) is 10.9 Å². The Hall–Kier alpha value is -3.78. The number of nitrogens with zero attached hydrogens (tertiary/aromatic N) is 6. The number of hydrogen-bond donors (Lipinski definition) is 1. The van der Waals surface area contributed by atoms with Gasteiger partial charge in [0.05, 0.1) is 10.9 Å². The number of hydrogen-bond acceptors (Lipinski definition) is 7. The van der Waals surface area contributed by atoms with Crippen LogP contribution >= 0.6 is 11.6 Å². The highest BCUT2D eigenvalue weighted by Gasteiger charge is 2.23. The molecule has 1 aromatic carbocycles. The summed E-state index contributed by atoms with van der Waals surface area (Å²) < 4.78 is 0. The molecule has 0 atom stereocenters. The Bertz CT molecular complexity index is 1310. The molecule has 1 aliphatic heterocycles. The second kappa shape index (κ2) is 10.7. The predicted octanol–water partition coefficient (Wildman–Crippen LogP) is 3.97. The van der Waals surface area contributed by atoms with E-state index < -0.39 is 0 Å². The first-order valence-corrected chi connectivity index (χ1v) is 12.1. The summed E-state index contributed by atoms with van der Waals surface area (Å²) in [4.78, 5) is 34.9. The molecule has 4 aromatic rings. The molecule has 1 amide bonds. The maximum absolute atomic E-state index is 12.7. The minimum absolute atomic E-state index is 0.166.